The molecule has 0 saturated heterocycles. The number of aryl methyl sites for hydroxylation is 1. The Labute approximate surface area is 113 Å². The van der Waals surface area contributed by atoms with Gasteiger partial charge in [0.1, 0.15) is 5.82 Å². The molecule has 1 aromatic heterocycles. The highest BCUT2D eigenvalue weighted by molar-refractivity contribution is 6.35. The number of aromatic nitrogens is 2. The second kappa shape index (κ2) is 5.72. The van der Waals surface area contributed by atoms with Gasteiger partial charge in [-0.05, 0) is 38.4 Å². The van der Waals surface area contributed by atoms with E-state index in [1.54, 1.807) is 0 Å². The van der Waals surface area contributed by atoms with E-state index in [0.29, 0.717) is 5.92 Å². The van der Waals surface area contributed by atoms with Crippen molar-refractivity contribution in [1.29, 1.82) is 0 Å². The minimum atomic E-state index is 0.414. The molecule has 0 aliphatic rings. The summed E-state index contributed by atoms with van der Waals surface area (Å²) in [6.07, 6.45) is 2.10. The van der Waals surface area contributed by atoms with Crippen LogP contribution in [0.3, 0.4) is 0 Å². The fourth-order valence-electron chi connectivity index (χ4n) is 2.41. The Morgan fingerprint density at radius 1 is 1.44 bits per heavy atom. The summed E-state index contributed by atoms with van der Waals surface area (Å²) in [5.74, 6) is 1.53. The van der Waals surface area contributed by atoms with E-state index in [4.69, 9.17) is 22.3 Å². The smallest absolute Gasteiger partial charge is 0.112 e. The fraction of sp³-hybridized carbons (Fsp3) is 0.500. The normalized spacial score (nSPS) is 13.1. The number of hydrogen-bond acceptors (Lipinski definition) is 2. The van der Waals surface area contributed by atoms with Crippen molar-refractivity contribution >= 4 is 22.6 Å². The van der Waals surface area contributed by atoms with Gasteiger partial charge < -0.3 is 10.3 Å². The summed E-state index contributed by atoms with van der Waals surface area (Å²) in [6.45, 7) is 5.96. The van der Waals surface area contributed by atoms with Crippen molar-refractivity contribution in [3.05, 3.63) is 29.0 Å². The minimum absolute atomic E-state index is 0.414. The van der Waals surface area contributed by atoms with Crippen molar-refractivity contribution in [2.45, 2.75) is 39.2 Å². The van der Waals surface area contributed by atoms with E-state index in [0.717, 1.165) is 47.8 Å². The van der Waals surface area contributed by atoms with E-state index in [9.17, 15) is 0 Å². The van der Waals surface area contributed by atoms with Crippen LogP contribution in [0.2, 0.25) is 5.02 Å². The molecule has 0 fully saturated rings. The standard InChI is InChI=1S/C14H20ClN3/c1-3-18-13-11(15)7-4-8-12(13)17-14(18)10(2)6-5-9-16/h4,7-8,10H,3,5-6,9,16H2,1-2H3. The van der Waals surface area contributed by atoms with Crippen LogP contribution in [0.25, 0.3) is 11.0 Å². The molecule has 98 valence electrons. The molecule has 0 aliphatic carbocycles. The summed E-state index contributed by atoms with van der Waals surface area (Å²) >= 11 is 6.28. The predicted molar refractivity (Wildman–Crippen MR) is 77.1 cm³/mol. The van der Waals surface area contributed by atoms with E-state index in [1.165, 1.54) is 0 Å². The van der Waals surface area contributed by atoms with Crippen molar-refractivity contribution in [2.24, 2.45) is 5.73 Å². The van der Waals surface area contributed by atoms with Crippen molar-refractivity contribution in [2.75, 3.05) is 6.54 Å². The molecule has 0 spiro atoms. The van der Waals surface area contributed by atoms with Gasteiger partial charge in [-0.3, -0.25) is 0 Å². The fourth-order valence-corrected chi connectivity index (χ4v) is 2.68. The number of rotatable bonds is 5. The zero-order valence-corrected chi connectivity index (χ0v) is 11.7. The van der Waals surface area contributed by atoms with Crippen LogP contribution in [0, 0.1) is 0 Å². The molecule has 2 aromatic rings. The zero-order chi connectivity index (χ0) is 13.1. The molecule has 0 bridgehead atoms. The number of imidazole rings is 1. The van der Waals surface area contributed by atoms with Crippen molar-refractivity contribution in [1.82, 2.24) is 9.55 Å². The first-order chi connectivity index (χ1) is 8.69. The number of para-hydroxylation sites is 1. The van der Waals surface area contributed by atoms with Gasteiger partial charge in [-0.2, -0.15) is 0 Å². The summed E-state index contributed by atoms with van der Waals surface area (Å²) < 4.78 is 2.22. The van der Waals surface area contributed by atoms with Gasteiger partial charge in [0.15, 0.2) is 0 Å². The van der Waals surface area contributed by atoms with E-state index in [-0.39, 0.29) is 0 Å². The second-order valence-electron chi connectivity index (χ2n) is 4.65. The molecular weight excluding hydrogens is 246 g/mol. The molecule has 0 radical (unpaired) electrons. The van der Waals surface area contributed by atoms with Crippen molar-refractivity contribution in [3.63, 3.8) is 0 Å². The lowest BCUT2D eigenvalue weighted by atomic mass is 10.1. The second-order valence-corrected chi connectivity index (χ2v) is 5.06. The van der Waals surface area contributed by atoms with E-state index in [1.807, 2.05) is 18.2 Å². The monoisotopic (exact) mass is 265 g/mol. The lowest BCUT2D eigenvalue weighted by molar-refractivity contribution is 0.574. The Morgan fingerprint density at radius 2 is 2.22 bits per heavy atom. The highest BCUT2D eigenvalue weighted by Gasteiger charge is 2.16. The largest absolute Gasteiger partial charge is 0.330 e. The quantitative estimate of drug-likeness (QED) is 0.898. The first-order valence-corrected chi connectivity index (χ1v) is 6.91. The van der Waals surface area contributed by atoms with Crippen LogP contribution in [0.5, 0.6) is 0 Å². The van der Waals surface area contributed by atoms with Crippen LogP contribution in [-0.4, -0.2) is 16.1 Å². The van der Waals surface area contributed by atoms with Crippen LogP contribution < -0.4 is 5.73 Å². The van der Waals surface area contributed by atoms with E-state index < -0.39 is 0 Å². The maximum Gasteiger partial charge on any atom is 0.112 e. The minimum Gasteiger partial charge on any atom is -0.330 e. The number of fused-ring (bicyclic) bond motifs is 1. The predicted octanol–water partition coefficient (Wildman–Crippen LogP) is 3.55. The van der Waals surface area contributed by atoms with Crippen molar-refractivity contribution in [3.8, 4) is 0 Å². The molecule has 4 heteroatoms. The maximum atomic E-state index is 6.28. The molecule has 1 unspecified atom stereocenters. The maximum absolute atomic E-state index is 6.28. The van der Waals surface area contributed by atoms with E-state index in [2.05, 4.69) is 18.4 Å². The third-order valence-corrected chi connectivity index (χ3v) is 3.65. The Morgan fingerprint density at radius 3 is 2.89 bits per heavy atom. The van der Waals surface area contributed by atoms with Gasteiger partial charge >= 0.3 is 0 Å². The molecular formula is C14H20ClN3. The average Bonchev–Trinajstić information content (AvgIpc) is 2.76. The van der Waals surface area contributed by atoms with Gasteiger partial charge in [-0.1, -0.05) is 24.6 Å². The van der Waals surface area contributed by atoms with Gasteiger partial charge in [-0.25, -0.2) is 4.98 Å². The molecule has 0 aliphatic heterocycles. The summed E-state index contributed by atoms with van der Waals surface area (Å²) in [7, 11) is 0. The first kappa shape index (κ1) is 13.4. The summed E-state index contributed by atoms with van der Waals surface area (Å²) in [5.41, 5.74) is 7.61. The highest BCUT2D eigenvalue weighted by atomic mass is 35.5. The Kier molecular flexibility index (Phi) is 4.25. The average molecular weight is 266 g/mol. The summed E-state index contributed by atoms with van der Waals surface area (Å²) in [6, 6.07) is 5.89. The van der Waals surface area contributed by atoms with E-state index >= 15 is 0 Å². The third-order valence-electron chi connectivity index (χ3n) is 3.35. The van der Waals surface area contributed by atoms with Crippen LogP contribution in [0.1, 0.15) is 38.4 Å². The topological polar surface area (TPSA) is 43.8 Å². The molecule has 18 heavy (non-hydrogen) atoms. The number of nitrogens with two attached hydrogens (primary N) is 1. The number of benzene rings is 1. The Balaban J connectivity index is 2.47. The lowest BCUT2D eigenvalue weighted by Crippen LogP contribution is -2.08. The molecule has 2 rings (SSSR count). The number of hydrogen-bond donors (Lipinski definition) is 1. The van der Waals surface area contributed by atoms with Crippen LogP contribution in [0.15, 0.2) is 18.2 Å². The first-order valence-electron chi connectivity index (χ1n) is 6.53. The number of halogens is 1. The highest BCUT2D eigenvalue weighted by Crippen LogP contribution is 2.29. The summed E-state index contributed by atoms with van der Waals surface area (Å²) in [4.78, 5) is 4.73. The molecule has 3 nitrogen and oxygen atoms in total. The van der Waals surface area contributed by atoms with Gasteiger partial charge in [0.25, 0.3) is 0 Å². The molecule has 0 amide bonds. The van der Waals surface area contributed by atoms with Crippen LogP contribution in [-0.2, 0) is 6.54 Å². The molecule has 1 atom stereocenters. The Hall–Kier alpha value is -1.06. The van der Waals surface area contributed by atoms with Gasteiger partial charge in [-0.15, -0.1) is 0 Å². The SMILES string of the molecule is CCn1c(C(C)CCCN)nc2cccc(Cl)c21. The molecule has 0 saturated carbocycles. The van der Waals surface area contributed by atoms with Crippen LogP contribution >= 0.6 is 11.6 Å². The molecule has 1 aromatic carbocycles. The van der Waals surface area contributed by atoms with Crippen molar-refractivity contribution < 1.29 is 0 Å². The van der Waals surface area contributed by atoms with Gasteiger partial charge in [0, 0.05) is 12.5 Å². The third kappa shape index (κ3) is 2.38. The van der Waals surface area contributed by atoms with Gasteiger partial charge in [0.05, 0.1) is 16.1 Å². The lowest BCUT2D eigenvalue weighted by Gasteiger charge is -2.13. The molecule has 2 N–H and O–H groups in total. The van der Waals surface area contributed by atoms with Gasteiger partial charge in [0.2, 0.25) is 0 Å². The molecule has 1 heterocycles. The Bertz CT molecular complexity index is 533. The zero-order valence-electron chi connectivity index (χ0n) is 11.0. The summed E-state index contributed by atoms with van der Waals surface area (Å²) in [5, 5.41) is 0.777. The van der Waals surface area contributed by atoms with Crippen LogP contribution in [0.4, 0.5) is 0 Å². The number of nitrogens with zero attached hydrogens (tertiary/aromatic N) is 2.